The largest absolute Gasteiger partial charge is 0.459 e. The molecule has 1 aromatic heterocycles. The van der Waals surface area contributed by atoms with E-state index < -0.39 is 40.7 Å². The first-order chi connectivity index (χ1) is 12.7. The summed E-state index contributed by atoms with van der Waals surface area (Å²) in [5.74, 6) is -6.28. The van der Waals surface area contributed by atoms with E-state index in [0.717, 1.165) is 6.07 Å². The van der Waals surface area contributed by atoms with Crippen molar-refractivity contribution in [1.29, 1.82) is 0 Å². The normalized spacial score (nSPS) is 12.5. The molecule has 0 saturated carbocycles. The molecule has 0 atom stereocenters. The molecule has 0 bridgehead atoms. The van der Waals surface area contributed by atoms with Crippen LogP contribution in [0, 0.1) is 5.92 Å². The van der Waals surface area contributed by atoms with Crippen molar-refractivity contribution in [1.82, 2.24) is 9.13 Å². The minimum atomic E-state index is -5.99. The van der Waals surface area contributed by atoms with Crippen molar-refractivity contribution in [3.8, 4) is 5.69 Å². The van der Waals surface area contributed by atoms with Gasteiger partial charge in [0.25, 0.3) is 5.56 Å². The number of carbonyl (C=O) groups excluding carboxylic acids is 1. The van der Waals surface area contributed by atoms with Crippen LogP contribution in [0.3, 0.4) is 0 Å². The fourth-order valence-electron chi connectivity index (χ4n) is 2.46. The highest BCUT2D eigenvalue weighted by Gasteiger charge is 2.60. The van der Waals surface area contributed by atoms with Gasteiger partial charge in [-0.15, -0.1) is 0 Å². The Morgan fingerprint density at radius 2 is 1.64 bits per heavy atom. The van der Waals surface area contributed by atoms with Crippen LogP contribution in [0.5, 0.6) is 0 Å². The van der Waals surface area contributed by atoms with Gasteiger partial charge in [0.15, 0.2) is 5.78 Å². The fourth-order valence-corrected chi connectivity index (χ4v) is 2.67. The number of aromatic nitrogens is 2. The Labute approximate surface area is 160 Å². The van der Waals surface area contributed by atoms with Gasteiger partial charge in [0.05, 0.1) is 10.7 Å². The second-order valence-corrected chi connectivity index (χ2v) is 6.71. The lowest BCUT2D eigenvalue weighted by Gasteiger charge is -2.22. The monoisotopic (exact) mass is 424 g/mol. The summed E-state index contributed by atoms with van der Waals surface area (Å²) in [5.41, 5.74) is -4.85. The van der Waals surface area contributed by atoms with E-state index in [1.807, 2.05) is 0 Å². The van der Waals surface area contributed by atoms with Gasteiger partial charge in [-0.3, -0.25) is 14.2 Å². The molecule has 0 spiro atoms. The number of hydrogen-bond donors (Lipinski definition) is 0. The van der Waals surface area contributed by atoms with Crippen LogP contribution in [-0.4, -0.2) is 21.1 Å². The van der Waals surface area contributed by atoms with E-state index in [4.69, 9.17) is 11.6 Å². The highest BCUT2D eigenvalue weighted by molar-refractivity contribution is 6.34. The molecule has 152 valence electrons. The average Bonchev–Trinajstić information content (AvgIpc) is 2.57. The minimum absolute atomic E-state index is 0.0205. The molecule has 5 nitrogen and oxygen atoms in total. The summed E-state index contributed by atoms with van der Waals surface area (Å²) >= 11 is 5.95. The lowest BCUT2D eigenvalue weighted by atomic mass is 10.0. The number of benzene rings is 1. The Morgan fingerprint density at radius 3 is 2.14 bits per heavy atom. The zero-order valence-electron chi connectivity index (χ0n) is 14.8. The minimum Gasteiger partial charge on any atom is -0.294 e. The number of rotatable bonds is 4. The first-order valence-electron chi connectivity index (χ1n) is 7.82. The SMILES string of the molecule is CC(C)C(=O)c1cc(-n2c(=O)cc(C(F)(F)C(F)(F)F)n(C)c2=O)ccc1Cl. The lowest BCUT2D eigenvalue weighted by Crippen LogP contribution is -2.45. The number of hydrogen-bond acceptors (Lipinski definition) is 3. The second-order valence-electron chi connectivity index (χ2n) is 6.30. The number of carbonyl (C=O) groups is 1. The van der Waals surface area contributed by atoms with Crippen LogP contribution in [0.1, 0.15) is 29.9 Å². The Balaban J connectivity index is 2.76. The third-order valence-corrected chi connectivity index (χ3v) is 4.33. The molecule has 0 amide bonds. The Morgan fingerprint density at radius 1 is 1.07 bits per heavy atom. The molecule has 28 heavy (non-hydrogen) atoms. The Kier molecular flexibility index (Phi) is 5.57. The van der Waals surface area contributed by atoms with Crippen LogP contribution in [-0.2, 0) is 13.0 Å². The molecule has 2 rings (SSSR count). The molecular weight excluding hydrogens is 411 g/mol. The van der Waals surface area contributed by atoms with E-state index in [1.54, 1.807) is 13.8 Å². The Hall–Kier alpha value is -2.49. The van der Waals surface area contributed by atoms with Gasteiger partial charge < -0.3 is 0 Å². The first-order valence-corrected chi connectivity index (χ1v) is 8.20. The van der Waals surface area contributed by atoms with Crippen molar-refractivity contribution in [2.45, 2.75) is 25.9 Å². The van der Waals surface area contributed by atoms with Crippen molar-refractivity contribution < 1.29 is 26.7 Å². The van der Waals surface area contributed by atoms with Crippen LogP contribution in [0.15, 0.2) is 33.9 Å². The van der Waals surface area contributed by atoms with Gasteiger partial charge in [0, 0.05) is 24.6 Å². The maximum absolute atomic E-state index is 13.6. The summed E-state index contributed by atoms with van der Waals surface area (Å²) in [4.78, 5) is 36.8. The van der Waals surface area contributed by atoms with Crippen molar-refractivity contribution >= 4 is 17.4 Å². The predicted octanol–water partition coefficient (Wildman–Crippen LogP) is 3.68. The number of ketones is 1. The van der Waals surface area contributed by atoms with Crippen LogP contribution in [0.4, 0.5) is 22.0 Å². The van der Waals surface area contributed by atoms with Gasteiger partial charge in [0.2, 0.25) is 0 Å². The molecule has 0 fully saturated rings. The molecule has 1 heterocycles. The van der Waals surface area contributed by atoms with Gasteiger partial charge >= 0.3 is 17.8 Å². The summed E-state index contributed by atoms with van der Waals surface area (Å²) in [6.07, 6.45) is -5.99. The van der Waals surface area contributed by atoms with Gasteiger partial charge in [-0.2, -0.15) is 22.0 Å². The molecule has 2 aromatic rings. The molecule has 0 saturated heterocycles. The predicted molar refractivity (Wildman–Crippen MR) is 91.4 cm³/mol. The zero-order valence-corrected chi connectivity index (χ0v) is 15.5. The average molecular weight is 425 g/mol. The number of Topliss-reactive ketones (excluding diaryl/α,β-unsaturated/α-hetero) is 1. The van der Waals surface area contributed by atoms with Crippen molar-refractivity contribution in [2.24, 2.45) is 13.0 Å². The molecule has 0 aliphatic rings. The molecule has 11 heteroatoms. The molecule has 0 aliphatic heterocycles. The zero-order chi connectivity index (χ0) is 21.6. The van der Waals surface area contributed by atoms with Gasteiger partial charge in [-0.05, 0) is 18.2 Å². The first kappa shape index (κ1) is 21.8. The van der Waals surface area contributed by atoms with E-state index in [1.165, 1.54) is 12.1 Å². The van der Waals surface area contributed by atoms with Crippen LogP contribution in [0.25, 0.3) is 5.69 Å². The summed E-state index contributed by atoms with van der Waals surface area (Å²) in [6.45, 7) is 3.18. The molecule has 0 N–H and O–H groups in total. The van der Waals surface area contributed by atoms with Gasteiger partial charge in [-0.25, -0.2) is 9.36 Å². The van der Waals surface area contributed by atoms with E-state index in [2.05, 4.69) is 0 Å². The topological polar surface area (TPSA) is 61.1 Å². The van der Waals surface area contributed by atoms with E-state index in [0.29, 0.717) is 11.6 Å². The second kappa shape index (κ2) is 7.16. The molecule has 0 unspecified atom stereocenters. The summed E-state index contributed by atoms with van der Waals surface area (Å²) in [5, 5.41) is 0.0348. The maximum Gasteiger partial charge on any atom is 0.459 e. The smallest absolute Gasteiger partial charge is 0.294 e. The highest BCUT2D eigenvalue weighted by atomic mass is 35.5. The molecular formula is C17H14ClF5N2O3. The quantitative estimate of drug-likeness (QED) is 0.555. The number of halogens is 6. The van der Waals surface area contributed by atoms with E-state index in [-0.39, 0.29) is 26.9 Å². The number of nitrogens with zero attached hydrogens (tertiary/aromatic N) is 2. The number of alkyl halides is 5. The van der Waals surface area contributed by atoms with Crippen LogP contribution in [0.2, 0.25) is 5.02 Å². The molecule has 1 aromatic carbocycles. The molecule has 0 radical (unpaired) electrons. The van der Waals surface area contributed by atoms with Crippen molar-refractivity contribution in [3.05, 3.63) is 61.4 Å². The third kappa shape index (κ3) is 3.60. The van der Waals surface area contributed by atoms with Crippen molar-refractivity contribution in [3.63, 3.8) is 0 Å². The lowest BCUT2D eigenvalue weighted by molar-refractivity contribution is -0.292. The highest BCUT2D eigenvalue weighted by Crippen LogP contribution is 2.42. The Bertz CT molecular complexity index is 1050. The standard InChI is InChI=1S/C17H14ClF5N2O3/c1-8(2)14(27)10-6-9(4-5-11(10)18)25-13(26)7-12(24(3)15(25)28)16(19,20)17(21,22)23/h4-8H,1-3H3. The van der Waals surface area contributed by atoms with E-state index >= 15 is 0 Å². The maximum atomic E-state index is 13.6. The van der Waals surface area contributed by atoms with E-state index in [9.17, 15) is 36.3 Å². The summed E-state index contributed by atoms with van der Waals surface area (Å²) < 4.78 is 65.5. The van der Waals surface area contributed by atoms with Gasteiger partial charge in [0.1, 0.15) is 5.69 Å². The van der Waals surface area contributed by atoms with Crippen LogP contribution >= 0.6 is 11.6 Å². The van der Waals surface area contributed by atoms with Gasteiger partial charge in [-0.1, -0.05) is 25.4 Å². The third-order valence-electron chi connectivity index (χ3n) is 4.00. The summed E-state index contributed by atoms with van der Waals surface area (Å²) in [6, 6.07) is 3.53. The molecule has 0 aliphatic carbocycles. The van der Waals surface area contributed by atoms with Crippen molar-refractivity contribution in [2.75, 3.05) is 0 Å². The summed E-state index contributed by atoms with van der Waals surface area (Å²) in [7, 11) is 0.684. The van der Waals surface area contributed by atoms with Crippen LogP contribution < -0.4 is 11.2 Å². The fraction of sp³-hybridized carbons (Fsp3) is 0.353.